The highest BCUT2D eigenvalue weighted by Crippen LogP contribution is 2.61. The summed E-state index contributed by atoms with van der Waals surface area (Å²) in [4.78, 5) is 39.2. The van der Waals surface area contributed by atoms with Crippen molar-refractivity contribution in [2.24, 2.45) is 11.3 Å². The number of esters is 2. The lowest BCUT2D eigenvalue weighted by molar-refractivity contribution is -0.185. The molecule has 30 heavy (non-hydrogen) atoms. The van der Waals surface area contributed by atoms with Gasteiger partial charge in [-0.25, -0.2) is 0 Å². The van der Waals surface area contributed by atoms with Gasteiger partial charge in [0.05, 0.1) is 19.3 Å². The summed E-state index contributed by atoms with van der Waals surface area (Å²) in [5, 5.41) is -0.0904. The fourth-order valence-electron chi connectivity index (χ4n) is 5.05. The molecule has 2 heterocycles. The van der Waals surface area contributed by atoms with Crippen molar-refractivity contribution in [3.8, 4) is 0 Å². The lowest BCUT2D eigenvalue weighted by Gasteiger charge is -2.46. The summed E-state index contributed by atoms with van der Waals surface area (Å²) < 4.78 is 23.6. The van der Waals surface area contributed by atoms with Crippen LogP contribution in [0.25, 0.3) is 0 Å². The molecule has 0 amide bonds. The maximum absolute atomic E-state index is 13.2. The zero-order chi connectivity index (χ0) is 22.5. The van der Waals surface area contributed by atoms with E-state index in [2.05, 4.69) is 33.9 Å². The molecule has 0 aromatic rings. The predicted octanol–water partition coefficient (Wildman–Crippen LogP) is 3.40. The van der Waals surface area contributed by atoms with Gasteiger partial charge in [-0.15, -0.1) is 0 Å². The number of carbonyl (C=O) groups excluding carboxylic acids is 3. The number of hydrogen-bond acceptors (Lipinski definition) is 7. The van der Waals surface area contributed by atoms with Crippen LogP contribution in [-0.2, 0) is 33.0 Å². The monoisotopic (exact) mass is 440 g/mol. The predicted molar refractivity (Wildman–Crippen MR) is 112 cm³/mol. The van der Waals surface area contributed by atoms with E-state index in [4.69, 9.17) is 18.6 Å². The van der Waals surface area contributed by atoms with Gasteiger partial charge in [0.15, 0.2) is 19.5 Å². The number of rotatable bonds is 6. The van der Waals surface area contributed by atoms with E-state index in [-0.39, 0.29) is 48.9 Å². The van der Waals surface area contributed by atoms with Crippen molar-refractivity contribution in [1.82, 2.24) is 0 Å². The van der Waals surface area contributed by atoms with Gasteiger partial charge in [0, 0.05) is 12.8 Å². The summed E-state index contributed by atoms with van der Waals surface area (Å²) in [5.74, 6) is -1.28. The van der Waals surface area contributed by atoms with E-state index in [0.29, 0.717) is 12.8 Å². The van der Waals surface area contributed by atoms with Gasteiger partial charge in [0.25, 0.3) is 0 Å². The highest BCUT2D eigenvalue weighted by atomic mass is 28.4. The van der Waals surface area contributed by atoms with Crippen LogP contribution in [0.3, 0.4) is 0 Å². The standard InChI is InChI=1S/C22H36O7Si/c1-8-26-18(24)21(19(25)27-9-2)12-14-10-15-11-16(23)17(22(14,13-21)28-15)29-30(6,7)20(3,4)5/h14-15,17H,8-13H2,1-7H3/t14-,15-,17+,22+/m1/s1. The molecule has 3 fully saturated rings. The second-order valence-electron chi connectivity index (χ2n) is 10.5. The Labute approximate surface area is 180 Å². The second-order valence-corrected chi connectivity index (χ2v) is 15.2. The number of ketones is 1. The number of fused-ring (bicyclic) bond motifs is 1. The average Bonchev–Trinajstić information content (AvgIpc) is 3.07. The lowest BCUT2D eigenvalue weighted by atomic mass is 9.81. The topological polar surface area (TPSA) is 88.1 Å². The molecule has 0 unspecified atom stereocenters. The van der Waals surface area contributed by atoms with Gasteiger partial charge < -0.3 is 18.6 Å². The Kier molecular flexibility index (Phi) is 6.02. The van der Waals surface area contributed by atoms with Gasteiger partial charge >= 0.3 is 11.9 Å². The Hall–Kier alpha value is -1.25. The van der Waals surface area contributed by atoms with Crippen LogP contribution in [0.4, 0.5) is 0 Å². The number of Topliss-reactive ketones (excluding diaryl/α,β-unsaturated/α-hetero) is 1. The first-order chi connectivity index (χ1) is 13.8. The SMILES string of the molecule is CCOC(=O)C1(C(=O)OCC)C[C@H]2C[C@@H]3CC(=O)[C@H](O[Si](C)(C)C(C)(C)C)[C@@]2(C1)O3. The van der Waals surface area contributed by atoms with E-state index in [1.54, 1.807) is 13.8 Å². The number of ether oxygens (including phenoxy) is 3. The highest BCUT2D eigenvalue weighted by molar-refractivity contribution is 6.74. The molecule has 170 valence electrons. The Balaban J connectivity index is 2.02. The number of carbonyl (C=O) groups is 3. The fourth-order valence-corrected chi connectivity index (χ4v) is 6.32. The van der Waals surface area contributed by atoms with Crippen LogP contribution in [0.2, 0.25) is 18.1 Å². The molecular formula is C22H36O7Si. The van der Waals surface area contributed by atoms with Gasteiger partial charge in [-0.2, -0.15) is 0 Å². The smallest absolute Gasteiger partial charge is 0.323 e. The molecule has 0 aromatic heterocycles. The van der Waals surface area contributed by atoms with Crippen LogP contribution in [-0.4, -0.2) is 57.1 Å². The van der Waals surface area contributed by atoms with E-state index in [1.807, 2.05) is 0 Å². The molecule has 0 N–H and O–H groups in total. The summed E-state index contributed by atoms with van der Waals surface area (Å²) in [6.45, 7) is 14.3. The lowest BCUT2D eigenvalue weighted by Crippen LogP contribution is -2.59. The van der Waals surface area contributed by atoms with Gasteiger partial charge in [-0.1, -0.05) is 20.8 Å². The molecule has 8 heteroatoms. The average molecular weight is 441 g/mol. The van der Waals surface area contributed by atoms with Crippen molar-refractivity contribution < 1.29 is 33.0 Å². The Morgan fingerprint density at radius 3 is 2.20 bits per heavy atom. The number of hydrogen-bond donors (Lipinski definition) is 0. The van der Waals surface area contributed by atoms with Crippen LogP contribution in [0.5, 0.6) is 0 Å². The largest absolute Gasteiger partial charge is 0.465 e. The zero-order valence-corrected chi connectivity index (χ0v) is 20.3. The summed E-state index contributed by atoms with van der Waals surface area (Å²) in [7, 11) is -2.30. The van der Waals surface area contributed by atoms with Gasteiger partial charge in [0.2, 0.25) is 0 Å². The normalized spacial score (nSPS) is 32.6. The quantitative estimate of drug-likeness (QED) is 0.355. The molecule has 0 aromatic carbocycles. The maximum Gasteiger partial charge on any atom is 0.323 e. The van der Waals surface area contributed by atoms with E-state index in [9.17, 15) is 14.4 Å². The molecule has 7 nitrogen and oxygen atoms in total. The van der Waals surface area contributed by atoms with Crippen molar-refractivity contribution in [2.45, 2.75) is 96.2 Å². The molecule has 2 aliphatic heterocycles. The second kappa shape index (κ2) is 7.71. The van der Waals surface area contributed by atoms with E-state index in [0.717, 1.165) is 0 Å². The molecule has 1 spiro atoms. The van der Waals surface area contributed by atoms with Crippen molar-refractivity contribution in [1.29, 1.82) is 0 Å². The van der Waals surface area contributed by atoms with E-state index in [1.165, 1.54) is 0 Å². The van der Waals surface area contributed by atoms with Gasteiger partial charge in [-0.05, 0) is 50.7 Å². The van der Waals surface area contributed by atoms with E-state index < -0.39 is 37.4 Å². The fraction of sp³-hybridized carbons (Fsp3) is 0.864. The first kappa shape index (κ1) is 23.4. The molecular weight excluding hydrogens is 404 g/mol. The van der Waals surface area contributed by atoms with E-state index >= 15 is 0 Å². The summed E-state index contributed by atoms with van der Waals surface area (Å²) in [5.41, 5.74) is -2.43. The van der Waals surface area contributed by atoms with Crippen LogP contribution in [0.1, 0.15) is 60.3 Å². The van der Waals surface area contributed by atoms with Gasteiger partial charge in [-0.3, -0.25) is 14.4 Å². The molecule has 1 aliphatic carbocycles. The van der Waals surface area contributed by atoms with Crippen LogP contribution in [0, 0.1) is 11.3 Å². The third-order valence-corrected chi connectivity index (χ3v) is 12.0. The first-order valence-electron chi connectivity index (χ1n) is 11.1. The third-order valence-electron chi connectivity index (χ3n) is 7.51. The summed E-state index contributed by atoms with van der Waals surface area (Å²) >= 11 is 0. The van der Waals surface area contributed by atoms with Crippen molar-refractivity contribution >= 4 is 26.0 Å². The molecule has 0 radical (unpaired) electrons. The van der Waals surface area contributed by atoms with Crippen LogP contribution >= 0.6 is 0 Å². The molecule has 2 saturated heterocycles. The Morgan fingerprint density at radius 2 is 1.70 bits per heavy atom. The highest BCUT2D eigenvalue weighted by Gasteiger charge is 2.72. The van der Waals surface area contributed by atoms with Crippen LogP contribution in [0.15, 0.2) is 0 Å². The van der Waals surface area contributed by atoms with Crippen molar-refractivity contribution in [3.63, 3.8) is 0 Å². The van der Waals surface area contributed by atoms with Gasteiger partial charge in [0.1, 0.15) is 11.7 Å². The zero-order valence-electron chi connectivity index (χ0n) is 19.3. The minimum atomic E-state index is -2.30. The Morgan fingerprint density at radius 1 is 1.13 bits per heavy atom. The van der Waals surface area contributed by atoms with Crippen LogP contribution < -0.4 is 0 Å². The first-order valence-corrected chi connectivity index (χ1v) is 14.0. The molecule has 3 aliphatic rings. The maximum atomic E-state index is 13.2. The summed E-state index contributed by atoms with van der Waals surface area (Å²) in [6.07, 6.45) is 0.361. The third kappa shape index (κ3) is 3.54. The molecule has 4 atom stereocenters. The minimum Gasteiger partial charge on any atom is -0.465 e. The molecule has 2 bridgehead atoms. The van der Waals surface area contributed by atoms with Crippen molar-refractivity contribution in [3.05, 3.63) is 0 Å². The molecule has 3 rings (SSSR count). The summed E-state index contributed by atoms with van der Waals surface area (Å²) in [6, 6.07) is 0. The molecule has 1 saturated carbocycles. The minimum absolute atomic E-state index is 0.0158. The Bertz CT molecular complexity index is 707. The van der Waals surface area contributed by atoms with Crippen molar-refractivity contribution in [2.75, 3.05) is 13.2 Å².